The van der Waals surface area contributed by atoms with Gasteiger partial charge in [-0.05, 0) is 44.4 Å². The Morgan fingerprint density at radius 3 is 2.80 bits per heavy atom. The summed E-state index contributed by atoms with van der Waals surface area (Å²) in [6.45, 7) is 0. The van der Waals surface area contributed by atoms with Gasteiger partial charge >= 0.3 is 0 Å². The Balaban J connectivity index is 2.23. The third-order valence-corrected chi connectivity index (χ3v) is 3.58. The summed E-state index contributed by atoms with van der Waals surface area (Å²) in [4.78, 5) is 0. The van der Waals surface area contributed by atoms with Crippen LogP contribution in [0.1, 0.15) is 30.7 Å². The van der Waals surface area contributed by atoms with Gasteiger partial charge in [0.05, 0.1) is 0 Å². The Hall–Kier alpha value is -0.600. The van der Waals surface area contributed by atoms with Crippen molar-refractivity contribution in [1.82, 2.24) is 5.32 Å². The minimum absolute atomic E-state index is 0.163. The van der Waals surface area contributed by atoms with Crippen molar-refractivity contribution in [3.8, 4) is 0 Å². The minimum atomic E-state index is -0.163. The van der Waals surface area contributed by atoms with Crippen molar-refractivity contribution in [3.63, 3.8) is 0 Å². The van der Waals surface area contributed by atoms with Crippen LogP contribution in [0.25, 0.3) is 0 Å². The third-order valence-electron chi connectivity index (χ3n) is 3.25. The van der Waals surface area contributed by atoms with Crippen LogP contribution in [-0.4, -0.2) is 13.1 Å². The lowest BCUT2D eigenvalue weighted by atomic mass is 9.97. The molecule has 1 fully saturated rings. The van der Waals surface area contributed by atoms with E-state index >= 15 is 0 Å². The standard InChI is InChI=1S/C12H15ClFN/c1-15-9-6-5-8(7-9)12-10(13)3-2-4-11(12)14/h2-4,8-9,15H,5-7H2,1H3. The number of benzene rings is 1. The van der Waals surface area contributed by atoms with Gasteiger partial charge in [-0.3, -0.25) is 0 Å². The lowest BCUT2D eigenvalue weighted by Crippen LogP contribution is -2.21. The fourth-order valence-corrected chi connectivity index (χ4v) is 2.72. The van der Waals surface area contributed by atoms with Crippen LogP contribution in [0, 0.1) is 5.82 Å². The van der Waals surface area contributed by atoms with Gasteiger partial charge in [-0.1, -0.05) is 17.7 Å². The van der Waals surface area contributed by atoms with Crippen LogP contribution >= 0.6 is 11.6 Å². The van der Waals surface area contributed by atoms with Crippen molar-refractivity contribution in [2.75, 3.05) is 7.05 Å². The smallest absolute Gasteiger partial charge is 0.128 e. The van der Waals surface area contributed by atoms with Crippen molar-refractivity contribution < 1.29 is 4.39 Å². The molecule has 0 aromatic heterocycles. The first-order valence-electron chi connectivity index (χ1n) is 5.33. The molecule has 0 bridgehead atoms. The van der Waals surface area contributed by atoms with Crippen LogP contribution in [0.15, 0.2) is 18.2 Å². The highest BCUT2D eigenvalue weighted by Crippen LogP contribution is 2.38. The zero-order valence-corrected chi connectivity index (χ0v) is 9.52. The molecule has 1 aromatic carbocycles. The first kappa shape index (κ1) is 10.9. The molecular formula is C12H15ClFN. The molecule has 2 rings (SSSR count). The van der Waals surface area contributed by atoms with E-state index in [1.807, 2.05) is 7.05 Å². The number of nitrogens with one attached hydrogen (secondary N) is 1. The molecule has 0 heterocycles. The number of halogens is 2. The molecule has 15 heavy (non-hydrogen) atoms. The fourth-order valence-electron chi connectivity index (χ4n) is 2.41. The van der Waals surface area contributed by atoms with E-state index in [1.54, 1.807) is 12.1 Å². The van der Waals surface area contributed by atoms with Gasteiger partial charge in [-0.15, -0.1) is 0 Å². The van der Waals surface area contributed by atoms with E-state index in [0.29, 0.717) is 16.6 Å². The van der Waals surface area contributed by atoms with E-state index in [0.717, 1.165) is 19.3 Å². The van der Waals surface area contributed by atoms with Crippen molar-refractivity contribution in [1.29, 1.82) is 0 Å². The van der Waals surface area contributed by atoms with Gasteiger partial charge in [-0.25, -0.2) is 4.39 Å². The number of hydrogen-bond donors (Lipinski definition) is 1. The molecule has 0 radical (unpaired) electrons. The molecule has 1 nitrogen and oxygen atoms in total. The van der Waals surface area contributed by atoms with Crippen LogP contribution in [-0.2, 0) is 0 Å². The third kappa shape index (κ3) is 2.16. The van der Waals surface area contributed by atoms with Crippen molar-refractivity contribution in [3.05, 3.63) is 34.6 Å². The number of rotatable bonds is 2. The SMILES string of the molecule is CNC1CCC(c2c(F)cccc2Cl)C1. The first-order valence-corrected chi connectivity index (χ1v) is 5.71. The Labute approximate surface area is 94.6 Å². The van der Waals surface area contributed by atoms with Crippen molar-refractivity contribution in [2.45, 2.75) is 31.2 Å². The molecule has 3 heteroatoms. The molecule has 1 N–H and O–H groups in total. The van der Waals surface area contributed by atoms with E-state index in [4.69, 9.17) is 11.6 Å². The quantitative estimate of drug-likeness (QED) is 0.817. The zero-order valence-electron chi connectivity index (χ0n) is 8.76. The largest absolute Gasteiger partial charge is 0.317 e. The molecular weight excluding hydrogens is 213 g/mol. The molecule has 2 atom stereocenters. The first-order chi connectivity index (χ1) is 7.22. The molecule has 1 aliphatic carbocycles. The predicted molar refractivity (Wildman–Crippen MR) is 60.8 cm³/mol. The average Bonchev–Trinajstić information content (AvgIpc) is 2.66. The summed E-state index contributed by atoms with van der Waals surface area (Å²) >= 11 is 6.04. The maximum atomic E-state index is 13.6. The fraction of sp³-hybridized carbons (Fsp3) is 0.500. The van der Waals surface area contributed by atoms with Gasteiger partial charge in [0, 0.05) is 16.6 Å². The molecule has 1 aliphatic rings. The van der Waals surface area contributed by atoms with Gasteiger partial charge in [0.2, 0.25) is 0 Å². The Morgan fingerprint density at radius 2 is 2.20 bits per heavy atom. The van der Waals surface area contributed by atoms with E-state index in [2.05, 4.69) is 5.32 Å². The van der Waals surface area contributed by atoms with Crippen LogP contribution in [0.4, 0.5) is 4.39 Å². The molecule has 0 aliphatic heterocycles. The summed E-state index contributed by atoms with van der Waals surface area (Å²) in [6.07, 6.45) is 3.11. The summed E-state index contributed by atoms with van der Waals surface area (Å²) in [7, 11) is 1.95. The normalized spacial score (nSPS) is 25.8. The van der Waals surface area contributed by atoms with Crippen LogP contribution < -0.4 is 5.32 Å². The molecule has 82 valence electrons. The summed E-state index contributed by atoms with van der Waals surface area (Å²) < 4.78 is 13.6. The van der Waals surface area contributed by atoms with Gasteiger partial charge in [0.15, 0.2) is 0 Å². The van der Waals surface area contributed by atoms with Crippen molar-refractivity contribution in [2.24, 2.45) is 0 Å². The minimum Gasteiger partial charge on any atom is -0.317 e. The monoisotopic (exact) mass is 227 g/mol. The maximum Gasteiger partial charge on any atom is 0.128 e. The van der Waals surface area contributed by atoms with E-state index < -0.39 is 0 Å². The maximum absolute atomic E-state index is 13.6. The molecule has 1 saturated carbocycles. The van der Waals surface area contributed by atoms with Gasteiger partial charge < -0.3 is 5.32 Å². The zero-order chi connectivity index (χ0) is 10.8. The summed E-state index contributed by atoms with van der Waals surface area (Å²) in [5, 5.41) is 3.80. The average molecular weight is 228 g/mol. The van der Waals surface area contributed by atoms with E-state index in [1.165, 1.54) is 6.07 Å². The second-order valence-corrected chi connectivity index (χ2v) is 4.54. The van der Waals surface area contributed by atoms with Crippen molar-refractivity contribution >= 4 is 11.6 Å². The summed E-state index contributed by atoms with van der Waals surface area (Å²) in [5.74, 6) is 0.111. The van der Waals surface area contributed by atoms with Gasteiger partial charge in [0.25, 0.3) is 0 Å². The molecule has 1 aromatic rings. The Bertz CT molecular complexity index is 333. The lowest BCUT2D eigenvalue weighted by Gasteiger charge is -2.13. The lowest BCUT2D eigenvalue weighted by molar-refractivity contribution is 0.553. The molecule has 0 spiro atoms. The number of hydrogen-bond acceptors (Lipinski definition) is 1. The van der Waals surface area contributed by atoms with Crippen LogP contribution in [0.3, 0.4) is 0 Å². The van der Waals surface area contributed by atoms with E-state index in [9.17, 15) is 4.39 Å². The van der Waals surface area contributed by atoms with Crippen LogP contribution in [0.5, 0.6) is 0 Å². The molecule has 0 amide bonds. The Kier molecular flexibility index (Phi) is 3.27. The van der Waals surface area contributed by atoms with E-state index in [-0.39, 0.29) is 11.7 Å². The van der Waals surface area contributed by atoms with Gasteiger partial charge in [-0.2, -0.15) is 0 Å². The highest BCUT2D eigenvalue weighted by atomic mass is 35.5. The van der Waals surface area contributed by atoms with Crippen LogP contribution in [0.2, 0.25) is 5.02 Å². The summed E-state index contributed by atoms with van der Waals surface area (Å²) in [6, 6.07) is 5.43. The second-order valence-electron chi connectivity index (χ2n) is 4.13. The second kappa shape index (κ2) is 4.50. The summed E-state index contributed by atoms with van der Waals surface area (Å²) in [5.41, 5.74) is 0.705. The topological polar surface area (TPSA) is 12.0 Å². The molecule has 2 unspecified atom stereocenters. The Morgan fingerprint density at radius 1 is 1.40 bits per heavy atom. The van der Waals surface area contributed by atoms with Gasteiger partial charge in [0.1, 0.15) is 5.82 Å². The predicted octanol–water partition coefficient (Wildman–Crippen LogP) is 3.33. The molecule has 0 saturated heterocycles. The highest BCUT2D eigenvalue weighted by molar-refractivity contribution is 6.31. The highest BCUT2D eigenvalue weighted by Gasteiger charge is 2.28.